The maximum Gasteiger partial charge on any atom is 0.413 e. The number of ether oxygens (including phenoxy) is 3. The first kappa shape index (κ1) is 23.0. The van der Waals surface area contributed by atoms with Crippen LogP contribution in [0.3, 0.4) is 0 Å². The number of anilines is 1. The standard InChI is InChI=1S/C17H22ClF2N3O6/c1-16(2,3)29-15(26)22-12-4-5-23(14(25)21-12)8-11-17(19,20)6-10(28-11)9-27-13(24)7-18/h4-5,10-11H,6-9H2,1-3H3,(H,21,22,25,26)/t10-,11-/m0/s1. The van der Waals surface area contributed by atoms with Crippen molar-refractivity contribution in [1.29, 1.82) is 0 Å². The van der Waals surface area contributed by atoms with E-state index in [4.69, 9.17) is 25.8 Å². The zero-order chi connectivity index (χ0) is 21.8. The second-order valence-electron chi connectivity index (χ2n) is 7.40. The molecular weight excluding hydrogens is 416 g/mol. The van der Waals surface area contributed by atoms with Gasteiger partial charge in [-0.3, -0.25) is 14.7 Å². The highest BCUT2D eigenvalue weighted by Crippen LogP contribution is 2.36. The van der Waals surface area contributed by atoms with Gasteiger partial charge in [-0.05, 0) is 26.8 Å². The molecule has 1 fully saturated rings. The van der Waals surface area contributed by atoms with Gasteiger partial charge in [0.05, 0.1) is 12.6 Å². The van der Waals surface area contributed by atoms with Gasteiger partial charge in [-0.2, -0.15) is 4.98 Å². The van der Waals surface area contributed by atoms with Gasteiger partial charge in [0.2, 0.25) is 0 Å². The van der Waals surface area contributed by atoms with Crippen LogP contribution in [0, 0.1) is 0 Å². The van der Waals surface area contributed by atoms with Crippen molar-refractivity contribution in [2.24, 2.45) is 0 Å². The number of rotatable bonds is 6. The van der Waals surface area contributed by atoms with Crippen LogP contribution in [0.15, 0.2) is 17.1 Å². The molecule has 1 aromatic rings. The number of nitrogens with zero attached hydrogens (tertiary/aromatic N) is 2. The lowest BCUT2D eigenvalue weighted by Gasteiger charge is -2.20. The summed E-state index contributed by atoms with van der Waals surface area (Å²) in [4.78, 5) is 38.5. The highest BCUT2D eigenvalue weighted by atomic mass is 35.5. The normalized spacial score (nSPS) is 20.9. The predicted octanol–water partition coefficient (Wildman–Crippen LogP) is 2.17. The van der Waals surface area contributed by atoms with Crippen molar-refractivity contribution in [1.82, 2.24) is 9.55 Å². The topological polar surface area (TPSA) is 109 Å². The average molecular weight is 438 g/mol. The number of hydrogen-bond donors (Lipinski definition) is 1. The molecule has 162 valence electrons. The highest BCUT2D eigenvalue weighted by molar-refractivity contribution is 6.26. The SMILES string of the molecule is CC(C)(C)OC(=O)Nc1ccn(C[C@@H]2O[C@H](COC(=O)CCl)CC2(F)F)c(=O)n1. The van der Waals surface area contributed by atoms with E-state index in [9.17, 15) is 23.2 Å². The van der Waals surface area contributed by atoms with Crippen LogP contribution in [0.4, 0.5) is 19.4 Å². The number of carbonyl (C=O) groups is 2. The summed E-state index contributed by atoms with van der Waals surface area (Å²) >= 11 is 5.28. The molecular formula is C17H22ClF2N3O6. The Morgan fingerprint density at radius 2 is 2.14 bits per heavy atom. The van der Waals surface area contributed by atoms with Gasteiger partial charge in [0.1, 0.15) is 30.0 Å². The van der Waals surface area contributed by atoms with Crippen LogP contribution in [-0.2, 0) is 25.5 Å². The van der Waals surface area contributed by atoms with Gasteiger partial charge in [0.15, 0.2) is 0 Å². The summed E-state index contributed by atoms with van der Waals surface area (Å²) < 4.78 is 44.3. The monoisotopic (exact) mass is 437 g/mol. The fourth-order valence-corrected chi connectivity index (χ4v) is 2.62. The highest BCUT2D eigenvalue weighted by Gasteiger charge is 2.50. The van der Waals surface area contributed by atoms with E-state index in [0.29, 0.717) is 0 Å². The number of aromatic nitrogens is 2. The summed E-state index contributed by atoms with van der Waals surface area (Å²) in [7, 11) is 0. The summed E-state index contributed by atoms with van der Waals surface area (Å²) in [5, 5.41) is 2.29. The second kappa shape index (κ2) is 9.04. The molecule has 0 saturated carbocycles. The van der Waals surface area contributed by atoms with Crippen LogP contribution < -0.4 is 11.0 Å². The van der Waals surface area contributed by atoms with E-state index in [1.54, 1.807) is 20.8 Å². The Morgan fingerprint density at radius 3 is 2.72 bits per heavy atom. The van der Waals surface area contributed by atoms with Crippen molar-refractivity contribution in [2.45, 2.75) is 57.5 Å². The quantitative estimate of drug-likeness (QED) is 0.536. The molecule has 1 N–H and O–H groups in total. The Hall–Kier alpha value is -2.27. The number of nitrogens with one attached hydrogen (secondary N) is 1. The molecule has 1 saturated heterocycles. The van der Waals surface area contributed by atoms with E-state index in [1.165, 1.54) is 12.3 Å². The van der Waals surface area contributed by atoms with Crippen LogP contribution in [0.2, 0.25) is 0 Å². The van der Waals surface area contributed by atoms with Gasteiger partial charge in [-0.15, -0.1) is 11.6 Å². The molecule has 0 radical (unpaired) electrons. The molecule has 2 atom stereocenters. The molecule has 12 heteroatoms. The lowest BCUT2D eigenvalue weighted by atomic mass is 10.1. The lowest BCUT2D eigenvalue weighted by molar-refractivity contribution is -0.145. The molecule has 0 bridgehead atoms. The van der Waals surface area contributed by atoms with Gasteiger partial charge in [0, 0.05) is 12.6 Å². The average Bonchev–Trinajstić information content (AvgIpc) is 2.87. The second-order valence-corrected chi connectivity index (χ2v) is 7.67. The number of carbonyl (C=O) groups excluding carboxylic acids is 2. The van der Waals surface area contributed by atoms with Gasteiger partial charge < -0.3 is 14.2 Å². The molecule has 2 rings (SSSR count). The molecule has 1 aromatic heterocycles. The van der Waals surface area contributed by atoms with Gasteiger partial charge in [-0.1, -0.05) is 0 Å². The fraction of sp³-hybridized carbons (Fsp3) is 0.647. The third-order valence-corrected chi connectivity index (χ3v) is 3.95. The summed E-state index contributed by atoms with van der Waals surface area (Å²) in [5.74, 6) is -4.44. The van der Waals surface area contributed by atoms with Crippen LogP contribution in [0.25, 0.3) is 0 Å². The summed E-state index contributed by atoms with van der Waals surface area (Å²) in [6.45, 7) is 4.19. The number of hydrogen-bond acceptors (Lipinski definition) is 7. The van der Waals surface area contributed by atoms with Crippen molar-refractivity contribution in [3.05, 3.63) is 22.7 Å². The molecule has 0 unspecified atom stereocenters. The Morgan fingerprint density at radius 1 is 1.45 bits per heavy atom. The Labute approximate surface area is 170 Å². The molecule has 29 heavy (non-hydrogen) atoms. The number of halogens is 3. The lowest BCUT2D eigenvalue weighted by Crippen LogP contribution is -2.37. The van der Waals surface area contributed by atoms with E-state index in [2.05, 4.69) is 10.3 Å². The van der Waals surface area contributed by atoms with Gasteiger partial charge in [0.25, 0.3) is 5.92 Å². The van der Waals surface area contributed by atoms with Crippen molar-refractivity contribution in [3.63, 3.8) is 0 Å². The Kier molecular flexibility index (Phi) is 7.17. The van der Waals surface area contributed by atoms with Gasteiger partial charge >= 0.3 is 17.8 Å². The predicted molar refractivity (Wildman–Crippen MR) is 98.3 cm³/mol. The van der Waals surface area contributed by atoms with E-state index in [0.717, 1.165) is 4.57 Å². The van der Waals surface area contributed by atoms with Crippen LogP contribution in [0.5, 0.6) is 0 Å². The molecule has 0 aromatic carbocycles. The first-order valence-electron chi connectivity index (χ1n) is 8.72. The maximum absolute atomic E-state index is 14.2. The zero-order valence-electron chi connectivity index (χ0n) is 16.1. The van der Waals surface area contributed by atoms with E-state index in [-0.39, 0.29) is 12.4 Å². The third kappa shape index (κ3) is 6.93. The largest absolute Gasteiger partial charge is 0.462 e. The number of amides is 1. The smallest absolute Gasteiger partial charge is 0.413 e. The first-order valence-corrected chi connectivity index (χ1v) is 9.25. The molecule has 9 nitrogen and oxygen atoms in total. The minimum Gasteiger partial charge on any atom is -0.462 e. The summed E-state index contributed by atoms with van der Waals surface area (Å²) in [5.41, 5.74) is -1.59. The Balaban J connectivity index is 2.00. The molecule has 1 aliphatic rings. The van der Waals surface area contributed by atoms with Crippen molar-refractivity contribution in [3.8, 4) is 0 Å². The molecule has 0 spiro atoms. The summed E-state index contributed by atoms with van der Waals surface area (Å²) in [6.07, 6.45) is -2.87. The minimum absolute atomic E-state index is 0.0783. The van der Waals surface area contributed by atoms with Crippen molar-refractivity contribution in [2.75, 3.05) is 17.8 Å². The summed E-state index contributed by atoms with van der Waals surface area (Å²) in [6, 6.07) is 1.28. The van der Waals surface area contributed by atoms with Crippen LogP contribution in [0.1, 0.15) is 27.2 Å². The molecule has 0 aliphatic carbocycles. The van der Waals surface area contributed by atoms with Crippen molar-refractivity contribution < 1.29 is 32.6 Å². The fourth-order valence-electron chi connectivity index (χ4n) is 2.54. The third-order valence-electron chi connectivity index (χ3n) is 3.73. The number of esters is 1. The first-order chi connectivity index (χ1) is 13.4. The van der Waals surface area contributed by atoms with Crippen molar-refractivity contribution >= 4 is 29.5 Å². The van der Waals surface area contributed by atoms with Gasteiger partial charge in [-0.25, -0.2) is 18.4 Å². The minimum atomic E-state index is -3.23. The Bertz CT molecular complexity index is 811. The molecule has 1 aliphatic heterocycles. The number of alkyl halides is 3. The molecule has 2 heterocycles. The van der Waals surface area contributed by atoms with E-state index >= 15 is 0 Å². The molecule has 1 amide bonds. The van der Waals surface area contributed by atoms with E-state index in [1.807, 2.05) is 0 Å². The van der Waals surface area contributed by atoms with E-state index < -0.39 is 60.3 Å². The maximum atomic E-state index is 14.2. The van der Waals surface area contributed by atoms with Crippen LogP contribution >= 0.6 is 11.6 Å². The van der Waals surface area contributed by atoms with Crippen LogP contribution in [-0.4, -0.2) is 57.8 Å². The zero-order valence-corrected chi connectivity index (χ0v) is 16.9.